The van der Waals surface area contributed by atoms with Crippen LogP contribution < -0.4 is 10.6 Å². The van der Waals surface area contributed by atoms with Crippen LogP contribution in [-0.4, -0.2) is 67.2 Å². The van der Waals surface area contributed by atoms with Gasteiger partial charge in [-0.3, -0.25) is 19.3 Å². The Labute approximate surface area is 294 Å². The van der Waals surface area contributed by atoms with Gasteiger partial charge < -0.3 is 15.4 Å². The van der Waals surface area contributed by atoms with Gasteiger partial charge in [0.2, 0.25) is 6.41 Å². The predicted molar refractivity (Wildman–Crippen MR) is 187 cm³/mol. The maximum atomic E-state index is 14.2. The molecule has 0 bridgehead atoms. The Balaban J connectivity index is 1.26. The average Bonchev–Trinajstić information content (AvgIpc) is 3.74. The van der Waals surface area contributed by atoms with Gasteiger partial charge in [-0.2, -0.15) is 0 Å². The first-order valence-electron chi connectivity index (χ1n) is 14.1. The zero-order valence-electron chi connectivity index (χ0n) is 24.5. The molecule has 240 valence electrons. The third kappa shape index (κ3) is 7.21. The number of fused-ring (bicyclic) bond motifs is 1. The van der Waals surface area contributed by atoms with Crippen molar-refractivity contribution in [3.8, 4) is 0 Å². The number of anilines is 1. The maximum absolute atomic E-state index is 14.2. The van der Waals surface area contributed by atoms with Gasteiger partial charge in [0.15, 0.2) is 15.6 Å². The van der Waals surface area contributed by atoms with Crippen molar-refractivity contribution < 1.29 is 23.9 Å². The number of halogens is 1. The van der Waals surface area contributed by atoms with E-state index in [0.717, 1.165) is 37.4 Å². The van der Waals surface area contributed by atoms with E-state index in [4.69, 9.17) is 4.74 Å². The number of benzene rings is 2. The van der Waals surface area contributed by atoms with E-state index in [1.165, 1.54) is 44.7 Å². The molecular formula is C31H25BrN6O5S4. The van der Waals surface area contributed by atoms with E-state index in [1.54, 1.807) is 5.38 Å². The molecule has 1 unspecified atom stereocenters. The average molecular weight is 770 g/mol. The van der Waals surface area contributed by atoms with Crippen molar-refractivity contribution in [2.45, 2.75) is 28.8 Å². The molecule has 0 radical (unpaired) electrons. The van der Waals surface area contributed by atoms with Crippen molar-refractivity contribution in [2.24, 2.45) is 0 Å². The van der Waals surface area contributed by atoms with Gasteiger partial charge in [-0.1, -0.05) is 99.7 Å². The molecule has 0 spiro atoms. The Morgan fingerprint density at radius 1 is 1.13 bits per heavy atom. The molecule has 2 atom stereocenters. The summed E-state index contributed by atoms with van der Waals surface area (Å²) in [5, 5.41) is 15.8. The van der Waals surface area contributed by atoms with Gasteiger partial charge in [0.1, 0.15) is 22.1 Å². The minimum absolute atomic E-state index is 0.176. The van der Waals surface area contributed by atoms with Crippen LogP contribution in [0.1, 0.15) is 27.9 Å². The van der Waals surface area contributed by atoms with Crippen LogP contribution >= 0.6 is 62.1 Å². The number of hydrogen-bond acceptors (Lipinski definition) is 12. The van der Waals surface area contributed by atoms with Crippen LogP contribution in [0.4, 0.5) is 5.13 Å². The molecule has 3 amide bonds. The van der Waals surface area contributed by atoms with Crippen molar-refractivity contribution in [1.29, 1.82) is 0 Å². The number of amides is 3. The standard InChI is InChI=1S/C31H25BrN6O5S4/c1-17-36-37-31(47-17)46-14-20-13-44-28-23(35-26(40)21(12-32)22-15-45-30(34-22)33-16-39)27(41)38(28)24(20)29(42)43-25(18-8-4-2-5-9-18)19-10-6-3-7-11-19/h2-12,15-16,23,25,28H,13-14H2,1H3,(H,35,40)(H,33,34,39)/t23?,28-/m0/s1. The second kappa shape index (κ2) is 14.9. The lowest BCUT2D eigenvalue weighted by Crippen LogP contribution is -2.70. The number of hydrogen-bond donors (Lipinski definition) is 2. The molecule has 2 aromatic carbocycles. The largest absolute Gasteiger partial charge is 0.448 e. The van der Waals surface area contributed by atoms with Crippen LogP contribution in [0, 0.1) is 6.92 Å². The number of esters is 1. The first-order valence-corrected chi connectivity index (χ1v) is 18.7. The molecule has 2 aromatic heterocycles. The summed E-state index contributed by atoms with van der Waals surface area (Å²) in [4.78, 5) is 59.2. The summed E-state index contributed by atoms with van der Waals surface area (Å²) in [6, 6.07) is 18.0. The van der Waals surface area contributed by atoms with Crippen molar-refractivity contribution in [2.75, 3.05) is 16.8 Å². The van der Waals surface area contributed by atoms with Crippen LogP contribution in [0.5, 0.6) is 0 Å². The number of carbonyl (C=O) groups excluding carboxylic acids is 4. The summed E-state index contributed by atoms with van der Waals surface area (Å²) in [5.74, 6) is -0.751. The Kier molecular flexibility index (Phi) is 10.5. The SMILES string of the molecule is Cc1nnc(SCC2=C(C(=O)OC(c3ccccc3)c3ccccc3)N3C(=O)C(NC(=O)C(=CBr)c4csc(NC=O)n4)[C@@H]3SC2)s1. The molecule has 4 aromatic rings. The van der Waals surface area contributed by atoms with Crippen LogP contribution in [0.25, 0.3) is 5.57 Å². The topological polar surface area (TPSA) is 143 Å². The number of carbonyl (C=O) groups is 4. The van der Waals surface area contributed by atoms with Crippen molar-refractivity contribution in [1.82, 2.24) is 25.4 Å². The van der Waals surface area contributed by atoms with E-state index in [-0.39, 0.29) is 11.3 Å². The van der Waals surface area contributed by atoms with E-state index in [2.05, 4.69) is 41.7 Å². The molecule has 6 rings (SSSR count). The molecule has 16 heteroatoms. The number of thioether (sulfide) groups is 2. The highest BCUT2D eigenvalue weighted by atomic mass is 79.9. The van der Waals surface area contributed by atoms with Crippen LogP contribution in [0.2, 0.25) is 0 Å². The second-order valence-electron chi connectivity index (χ2n) is 10.1. The van der Waals surface area contributed by atoms with Gasteiger partial charge in [-0.15, -0.1) is 33.3 Å². The highest BCUT2D eigenvalue weighted by Crippen LogP contribution is 2.43. The third-order valence-electron chi connectivity index (χ3n) is 7.15. The van der Waals surface area contributed by atoms with Gasteiger partial charge >= 0.3 is 5.97 Å². The zero-order valence-corrected chi connectivity index (χ0v) is 29.3. The fourth-order valence-corrected chi connectivity index (χ4v) is 9.38. The molecule has 0 aliphatic carbocycles. The van der Waals surface area contributed by atoms with Crippen LogP contribution in [-0.2, 0) is 23.9 Å². The minimum atomic E-state index is -0.886. The van der Waals surface area contributed by atoms with Crippen molar-refractivity contribution in [3.05, 3.63) is 104 Å². The highest BCUT2D eigenvalue weighted by Gasteiger charge is 2.54. The Hall–Kier alpha value is -3.83. The second-order valence-corrected chi connectivity index (χ2v) is 14.9. The van der Waals surface area contributed by atoms with E-state index in [1.807, 2.05) is 67.6 Å². The number of nitrogens with zero attached hydrogens (tertiary/aromatic N) is 4. The molecular weight excluding hydrogens is 745 g/mol. The number of nitrogens with one attached hydrogen (secondary N) is 2. The molecule has 1 fully saturated rings. The summed E-state index contributed by atoms with van der Waals surface area (Å²) in [6.07, 6.45) is -0.206. The lowest BCUT2D eigenvalue weighted by molar-refractivity contribution is -0.154. The Morgan fingerprint density at radius 2 is 1.83 bits per heavy atom. The third-order valence-corrected chi connectivity index (χ3v) is 11.8. The summed E-state index contributed by atoms with van der Waals surface area (Å²) >= 11 is 8.74. The monoisotopic (exact) mass is 768 g/mol. The first-order chi connectivity index (χ1) is 22.9. The quantitative estimate of drug-likeness (QED) is 0.0634. The number of thiazole rings is 1. The van der Waals surface area contributed by atoms with Crippen molar-refractivity contribution >= 4 is 97.0 Å². The number of ether oxygens (including phenoxy) is 1. The predicted octanol–water partition coefficient (Wildman–Crippen LogP) is 5.39. The Bertz CT molecular complexity index is 1830. The maximum Gasteiger partial charge on any atom is 0.356 e. The Morgan fingerprint density at radius 3 is 2.45 bits per heavy atom. The summed E-state index contributed by atoms with van der Waals surface area (Å²) in [7, 11) is 0. The summed E-state index contributed by atoms with van der Waals surface area (Å²) < 4.78 is 6.98. The van der Waals surface area contributed by atoms with Gasteiger partial charge in [0, 0.05) is 16.9 Å². The first kappa shape index (κ1) is 33.1. The van der Waals surface area contributed by atoms with Crippen LogP contribution in [0.3, 0.4) is 0 Å². The van der Waals surface area contributed by atoms with Gasteiger partial charge in [-0.25, -0.2) is 9.78 Å². The number of aryl methyl sites for hydroxylation is 1. The highest BCUT2D eigenvalue weighted by molar-refractivity contribution is 9.11. The van der Waals surface area contributed by atoms with Gasteiger partial charge in [-0.05, 0) is 28.6 Å². The zero-order chi connectivity index (χ0) is 32.9. The molecule has 2 N–H and O–H groups in total. The van der Waals surface area contributed by atoms with E-state index < -0.39 is 35.3 Å². The fraction of sp³-hybridized carbons (Fsp3) is 0.194. The molecule has 2 aliphatic rings. The molecule has 11 nitrogen and oxygen atoms in total. The molecule has 2 aliphatic heterocycles. The number of aromatic nitrogens is 3. The minimum Gasteiger partial charge on any atom is -0.448 e. The molecule has 0 saturated carbocycles. The number of rotatable bonds is 12. The van der Waals surface area contributed by atoms with Gasteiger partial charge in [0.05, 0.1) is 11.3 Å². The lowest BCUT2D eigenvalue weighted by Gasteiger charge is -2.49. The van der Waals surface area contributed by atoms with E-state index in [0.29, 0.717) is 28.7 Å². The fourth-order valence-electron chi connectivity index (χ4n) is 4.97. The summed E-state index contributed by atoms with van der Waals surface area (Å²) in [6.45, 7) is 1.87. The van der Waals surface area contributed by atoms with Crippen LogP contribution in [0.15, 0.2) is 86.6 Å². The molecule has 4 heterocycles. The lowest BCUT2D eigenvalue weighted by atomic mass is 10.0. The van der Waals surface area contributed by atoms with E-state index in [9.17, 15) is 19.2 Å². The molecule has 47 heavy (non-hydrogen) atoms. The smallest absolute Gasteiger partial charge is 0.356 e. The van der Waals surface area contributed by atoms with Gasteiger partial charge in [0.25, 0.3) is 11.8 Å². The molecule has 1 saturated heterocycles. The van der Waals surface area contributed by atoms with Crippen molar-refractivity contribution in [3.63, 3.8) is 0 Å². The number of β-lactam (4-membered cyclic amide) rings is 1. The summed E-state index contributed by atoms with van der Waals surface area (Å²) in [5.41, 5.74) is 2.99. The normalized spacial score (nSPS) is 17.6. The van der Waals surface area contributed by atoms with E-state index >= 15 is 0 Å².